The number of methoxy groups -OCH3 is 1. The zero-order valence-electron chi connectivity index (χ0n) is 44.9. The fourth-order valence-corrected chi connectivity index (χ4v) is 10.9. The summed E-state index contributed by atoms with van der Waals surface area (Å²) in [6.07, 6.45) is 14.3. The number of fused-ring (bicyclic) bond motifs is 3. The summed E-state index contributed by atoms with van der Waals surface area (Å²) in [5.41, 5.74) is 8.61. The molecule has 6 heterocycles. The predicted octanol–water partition coefficient (Wildman–Crippen LogP) is 6.20. The van der Waals surface area contributed by atoms with Gasteiger partial charge >= 0.3 is 6.01 Å². The SMILES string of the molecule is C=C(C)C(=N)c1ccc(C(CO)NC(=O)C2CCCN2C(=O)C(C(C)C)n2cc(-c3ccc(COc4c(\C=c5/cn[nH]/c5=C/C(C)=C/C)c(C5CC5)cc5c(N6CC7CC6CN7)nc(OCCOC)nc45)cc3)nn2)cc1. The van der Waals surface area contributed by atoms with Gasteiger partial charge in [0.25, 0.3) is 0 Å². The van der Waals surface area contributed by atoms with E-state index in [1.165, 1.54) is 5.56 Å². The van der Waals surface area contributed by atoms with Crippen LogP contribution in [0.4, 0.5) is 5.82 Å². The number of anilines is 1. The van der Waals surface area contributed by atoms with E-state index in [0.29, 0.717) is 90.0 Å². The molecule has 18 heteroatoms. The highest BCUT2D eigenvalue weighted by Gasteiger charge is 2.42. The summed E-state index contributed by atoms with van der Waals surface area (Å²) in [6, 6.07) is 16.3. The number of allylic oxidation sites excluding steroid dienone is 3. The molecule has 0 spiro atoms. The van der Waals surface area contributed by atoms with Crippen LogP contribution in [0.25, 0.3) is 34.3 Å². The van der Waals surface area contributed by atoms with Crippen molar-refractivity contribution in [2.24, 2.45) is 5.92 Å². The lowest BCUT2D eigenvalue weighted by Gasteiger charge is -2.30. The van der Waals surface area contributed by atoms with E-state index in [4.69, 9.17) is 29.6 Å². The van der Waals surface area contributed by atoms with Gasteiger partial charge < -0.3 is 45.2 Å². The molecule has 3 saturated heterocycles. The van der Waals surface area contributed by atoms with Crippen molar-refractivity contribution in [1.82, 2.24) is 50.7 Å². The Kier molecular flexibility index (Phi) is 15.8. The molecule has 0 radical (unpaired) electrons. The number of ether oxygens (including phenoxy) is 3. The highest BCUT2D eigenvalue weighted by molar-refractivity contribution is 6.09. The van der Waals surface area contributed by atoms with E-state index in [1.807, 2.05) is 51.2 Å². The van der Waals surface area contributed by atoms with Gasteiger partial charge in [-0.3, -0.25) is 14.7 Å². The van der Waals surface area contributed by atoms with E-state index >= 15 is 0 Å². The molecule has 5 N–H and O–H groups in total. The van der Waals surface area contributed by atoms with Crippen LogP contribution in [0, 0.1) is 11.3 Å². The summed E-state index contributed by atoms with van der Waals surface area (Å²) in [7, 11) is 1.65. The predicted molar refractivity (Wildman–Crippen MR) is 296 cm³/mol. The Bertz CT molecular complexity index is 3330. The molecule has 18 nitrogen and oxygen atoms in total. The lowest BCUT2D eigenvalue weighted by molar-refractivity contribution is -0.142. The van der Waals surface area contributed by atoms with Crippen molar-refractivity contribution >= 4 is 46.4 Å². The number of aliphatic hydroxyl groups excluding tert-OH is 1. The van der Waals surface area contributed by atoms with Crippen molar-refractivity contribution in [3.8, 4) is 23.0 Å². The standard InChI is InChI=1S/C59H70N12O6/c1-8-36(6)24-48-42(28-62-66-48)25-46-45(38-15-16-38)27-47-53(64-59(76-23-22-75-7)65-56(47)70-30-43-26-44(70)29-61-43)55(46)77-33-37-11-13-39(14-12-37)49-31-71(68-67-49)54(35(4)5)58(74)69-21-9-10-51(69)57(73)63-50(32-72)40-17-19-41(20-18-40)52(60)34(2)3/h8,11-14,17-20,24-25,27-28,31,35,38,43-44,50-51,54,60-61,66,72H,2,9-10,15-16,21-23,26,29-30,32-33H2,1,3-7H3,(H,63,73)/b36-8+,42-25+,48-24+,60-52?. The number of aliphatic hydroxyl groups is 1. The Balaban J connectivity index is 0.915. The Hall–Kier alpha value is -7.54. The average Bonchev–Trinajstić information content (AvgIpc) is 4.06. The van der Waals surface area contributed by atoms with Crippen LogP contribution in [0.5, 0.6) is 11.8 Å². The number of carbonyl (C=O) groups excluding carboxylic acids is 2. The van der Waals surface area contributed by atoms with Gasteiger partial charge in [-0.05, 0) is 111 Å². The van der Waals surface area contributed by atoms with Crippen LogP contribution >= 0.6 is 0 Å². The molecule has 1 aliphatic carbocycles. The first-order valence-corrected chi connectivity index (χ1v) is 26.9. The monoisotopic (exact) mass is 1040 g/mol. The van der Waals surface area contributed by atoms with Crippen LogP contribution in [0.1, 0.15) is 113 Å². The molecule has 77 heavy (non-hydrogen) atoms. The van der Waals surface area contributed by atoms with Crippen molar-refractivity contribution in [1.29, 1.82) is 5.41 Å². The third-order valence-corrected chi connectivity index (χ3v) is 15.3. The number of H-pyrrole nitrogens is 1. The normalized spacial score (nSPS) is 19.6. The third kappa shape index (κ3) is 11.3. The van der Waals surface area contributed by atoms with Crippen LogP contribution in [-0.2, 0) is 20.9 Å². The molecule has 4 aliphatic rings. The van der Waals surface area contributed by atoms with Crippen LogP contribution in [0.3, 0.4) is 0 Å². The molecule has 3 aliphatic heterocycles. The summed E-state index contributed by atoms with van der Waals surface area (Å²) in [5, 5.41) is 44.7. The van der Waals surface area contributed by atoms with Gasteiger partial charge in [0, 0.05) is 60.6 Å². The Morgan fingerprint density at radius 1 is 1.04 bits per heavy atom. The number of likely N-dealkylation sites (tertiary alicyclic amines) is 1. The summed E-state index contributed by atoms with van der Waals surface area (Å²) in [4.78, 5) is 42.7. The lowest BCUT2D eigenvalue weighted by atomic mass is 9.97. The van der Waals surface area contributed by atoms with Crippen molar-refractivity contribution in [3.05, 3.63) is 129 Å². The van der Waals surface area contributed by atoms with Gasteiger partial charge in [-0.1, -0.05) is 85.8 Å². The molecule has 1 saturated carbocycles. The average molecular weight is 1040 g/mol. The van der Waals surface area contributed by atoms with Crippen molar-refractivity contribution in [2.75, 3.05) is 51.5 Å². The fourth-order valence-electron chi connectivity index (χ4n) is 10.9. The van der Waals surface area contributed by atoms with Crippen LogP contribution in [0.15, 0.2) is 90.8 Å². The fraction of sp³-hybridized carbons (Fsp3) is 0.424. The molecule has 5 unspecified atom stereocenters. The molecular formula is C59H70N12O6. The highest BCUT2D eigenvalue weighted by Crippen LogP contribution is 2.48. The molecule has 6 aromatic rings. The first-order chi connectivity index (χ1) is 37.3. The van der Waals surface area contributed by atoms with Crippen molar-refractivity contribution in [2.45, 2.75) is 109 Å². The lowest BCUT2D eigenvalue weighted by Crippen LogP contribution is -2.50. The molecule has 2 amide bonds. The van der Waals surface area contributed by atoms with E-state index in [2.05, 4.69) is 73.8 Å². The second kappa shape index (κ2) is 23.0. The van der Waals surface area contributed by atoms with E-state index in [9.17, 15) is 14.7 Å². The molecule has 3 aromatic carbocycles. The second-order valence-corrected chi connectivity index (χ2v) is 21.2. The number of hydrogen-bond acceptors (Lipinski definition) is 14. The van der Waals surface area contributed by atoms with Crippen LogP contribution < -0.4 is 35.6 Å². The number of benzene rings is 3. The minimum Gasteiger partial charge on any atom is -0.486 e. The smallest absolute Gasteiger partial charge is 0.319 e. The molecule has 3 aromatic heterocycles. The highest BCUT2D eigenvalue weighted by atomic mass is 16.5. The Morgan fingerprint density at radius 2 is 1.83 bits per heavy atom. The molecular weight excluding hydrogens is 973 g/mol. The quantitative estimate of drug-likeness (QED) is 0.0401. The summed E-state index contributed by atoms with van der Waals surface area (Å²) >= 11 is 0. The van der Waals surface area contributed by atoms with Crippen LogP contribution in [-0.4, -0.2) is 127 Å². The van der Waals surface area contributed by atoms with Crippen LogP contribution in [0.2, 0.25) is 0 Å². The van der Waals surface area contributed by atoms with Gasteiger partial charge in [-0.15, -0.1) is 5.10 Å². The summed E-state index contributed by atoms with van der Waals surface area (Å²) < 4.78 is 20.2. The maximum atomic E-state index is 14.5. The zero-order chi connectivity index (χ0) is 53.9. The van der Waals surface area contributed by atoms with Gasteiger partial charge in [0.15, 0.2) is 5.75 Å². The maximum absolute atomic E-state index is 14.5. The van der Waals surface area contributed by atoms with Gasteiger partial charge in [-0.2, -0.15) is 15.1 Å². The summed E-state index contributed by atoms with van der Waals surface area (Å²) in [6.45, 7) is 16.4. The molecule has 5 atom stereocenters. The minimum atomic E-state index is -0.718. The topological polar surface area (TPSA) is 222 Å². The first-order valence-electron chi connectivity index (χ1n) is 26.9. The number of carbonyl (C=O) groups is 2. The van der Waals surface area contributed by atoms with E-state index < -0.39 is 18.1 Å². The Morgan fingerprint density at radius 3 is 2.51 bits per heavy atom. The van der Waals surface area contributed by atoms with E-state index in [1.54, 1.807) is 54.1 Å². The molecule has 2 bridgehead atoms. The van der Waals surface area contributed by atoms with Crippen molar-refractivity contribution in [3.63, 3.8) is 0 Å². The number of amides is 2. The Labute approximate surface area is 448 Å². The molecule has 4 fully saturated rings. The number of piperazine rings is 1. The summed E-state index contributed by atoms with van der Waals surface area (Å²) in [5.74, 6) is 1.13. The maximum Gasteiger partial charge on any atom is 0.319 e. The first kappa shape index (κ1) is 52.9. The number of hydrogen-bond donors (Lipinski definition) is 5. The number of aromatic nitrogens is 7. The molecule has 10 rings (SSSR count). The van der Waals surface area contributed by atoms with E-state index in [0.717, 1.165) is 76.4 Å². The molecule has 402 valence electrons. The number of nitrogens with zero attached hydrogens (tertiary/aromatic N) is 8. The van der Waals surface area contributed by atoms with Crippen molar-refractivity contribution < 1.29 is 28.9 Å². The van der Waals surface area contributed by atoms with Gasteiger partial charge in [0.1, 0.15) is 42.3 Å². The van der Waals surface area contributed by atoms with Gasteiger partial charge in [0.05, 0.1) is 42.7 Å². The number of nitrogens with one attached hydrogen (secondary N) is 4. The van der Waals surface area contributed by atoms with E-state index in [-0.39, 0.29) is 37.0 Å². The van der Waals surface area contributed by atoms with Gasteiger partial charge in [0.2, 0.25) is 11.8 Å². The largest absolute Gasteiger partial charge is 0.486 e. The number of aromatic amines is 1. The third-order valence-electron chi connectivity index (χ3n) is 15.3. The minimum absolute atomic E-state index is 0.175. The zero-order valence-corrected chi connectivity index (χ0v) is 44.9. The van der Waals surface area contributed by atoms with Gasteiger partial charge in [-0.25, -0.2) is 4.68 Å². The number of rotatable bonds is 21. The second-order valence-electron chi connectivity index (χ2n) is 21.2.